The predicted octanol–water partition coefficient (Wildman–Crippen LogP) is 6.06. The number of benzene rings is 3. The van der Waals surface area contributed by atoms with Gasteiger partial charge in [-0.25, -0.2) is 8.42 Å². The number of amides is 2. The second-order valence-electron chi connectivity index (χ2n) is 10.2. The molecule has 1 saturated carbocycles. The van der Waals surface area contributed by atoms with Gasteiger partial charge in [-0.2, -0.15) is 0 Å². The Bertz CT molecular complexity index is 1490. The molecule has 1 fully saturated rings. The van der Waals surface area contributed by atoms with Gasteiger partial charge in [-0.15, -0.1) is 0 Å². The number of para-hydroxylation sites is 2. The highest BCUT2D eigenvalue weighted by Gasteiger charge is 2.34. The van der Waals surface area contributed by atoms with Gasteiger partial charge in [0.05, 0.1) is 17.2 Å². The molecule has 0 saturated heterocycles. The molecule has 1 aliphatic carbocycles. The minimum absolute atomic E-state index is 0.0422. The molecule has 3 aromatic rings. The summed E-state index contributed by atoms with van der Waals surface area (Å²) in [5.41, 5.74) is 0.909. The second kappa shape index (κ2) is 14.3. The fourth-order valence-electron chi connectivity index (χ4n) is 4.99. The Morgan fingerprint density at radius 2 is 1.67 bits per heavy atom. The number of ether oxygens (including phenoxy) is 1. The van der Waals surface area contributed by atoms with Crippen LogP contribution in [0.3, 0.4) is 0 Å². The van der Waals surface area contributed by atoms with Crippen molar-refractivity contribution in [3.05, 3.63) is 88.4 Å². The summed E-state index contributed by atoms with van der Waals surface area (Å²) >= 11 is 12.2. The van der Waals surface area contributed by atoms with Crippen LogP contribution in [0, 0.1) is 0 Å². The maximum absolute atomic E-state index is 14.1. The lowest BCUT2D eigenvalue weighted by Crippen LogP contribution is -2.52. The Hall–Kier alpha value is -3.27. The van der Waals surface area contributed by atoms with Crippen LogP contribution in [0.4, 0.5) is 5.69 Å². The summed E-state index contributed by atoms with van der Waals surface area (Å²) in [4.78, 5) is 28.8. The number of hydrogen-bond acceptors (Lipinski definition) is 5. The number of hydrogen-bond donors (Lipinski definition) is 1. The molecule has 8 nitrogen and oxygen atoms in total. The van der Waals surface area contributed by atoms with E-state index < -0.39 is 28.5 Å². The largest absolute Gasteiger partial charge is 0.492 e. The molecule has 0 heterocycles. The number of nitrogens with zero attached hydrogens (tertiary/aromatic N) is 2. The summed E-state index contributed by atoms with van der Waals surface area (Å²) in [7, 11) is -4.26. The van der Waals surface area contributed by atoms with Crippen molar-refractivity contribution in [1.29, 1.82) is 0 Å². The topological polar surface area (TPSA) is 96.0 Å². The van der Waals surface area contributed by atoms with Crippen molar-refractivity contribution in [1.82, 2.24) is 10.2 Å². The van der Waals surface area contributed by atoms with E-state index in [-0.39, 0.29) is 29.1 Å². The van der Waals surface area contributed by atoms with Gasteiger partial charge in [0, 0.05) is 22.6 Å². The molecule has 1 unspecified atom stereocenters. The number of anilines is 1. The average molecular weight is 633 g/mol. The third-order valence-corrected chi connectivity index (χ3v) is 9.49. The van der Waals surface area contributed by atoms with Crippen LogP contribution in [0.2, 0.25) is 10.0 Å². The highest BCUT2D eigenvalue weighted by molar-refractivity contribution is 7.92. The first-order valence-electron chi connectivity index (χ1n) is 13.9. The Labute approximate surface area is 257 Å². The van der Waals surface area contributed by atoms with E-state index in [1.54, 1.807) is 62.4 Å². The standard InChI is InChI=1S/C31H35Cl2N3O5S/c1-3-41-29-14-7-6-13-28(29)36(42(39,40)27-17-15-24(32)16-18-27)21-30(37)35(20-23-9-8-10-25(33)19-23)22(2)31(38)34-26-11-4-5-12-26/h6-10,13-19,22,26H,3-5,11-12,20-21H2,1-2H3,(H,34,38). The van der Waals surface area contributed by atoms with E-state index in [9.17, 15) is 18.0 Å². The molecule has 224 valence electrons. The van der Waals surface area contributed by atoms with E-state index in [0.717, 1.165) is 30.0 Å². The van der Waals surface area contributed by atoms with Crippen molar-refractivity contribution in [2.75, 3.05) is 17.5 Å². The van der Waals surface area contributed by atoms with Crippen molar-refractivity contribution < 1.29 is 22.7 Å². The Morgan fingerprint density at radius 1 is 0.976 bits per heavy atom. The molecule has 4 rings (SSSR count). The first-order chi connectivity index (χ1) is 20.1. The van der Waals surface area contributed by atoms with Crippen molar-refractivity contribution in [2.24, 2.45) is 0 Å². The van der Waals surface area contributed by atoms with Crippen LogP contribution in [0.1, 0.15) is 45.1 Å². The van der Waals surface area contributed by atoms with Crippen LogP contribution in [0.15, 0.2) is 77.7 Å². The monoisotopic (exact) mass is 631 g/mol. The number of rotatable bonds is 12. The van der Waals surface area contributed by atoms with E-state index in [4.69, 9.17) is 27.9 Å². The molecule has 0 aliphatic heterocycles. The molecule has 11 heteroatoms. The van der Waals surface area contributed by atoms with Crippen LogP contribution in [-0.2, 0) is 26.2 Å². The van der Waals surface area contributed by atoms with Crippen LogP contribution in [-0.4, -0.2) is 50.4 Å². The lowest BCUT2D eigenvalue weighted by Gasteiger charge is -2.33. The van der Waals surface area contributed by atoms with Crippen LogP contribution in [0.5, 0.6) is 5.75 Å². The molecule has 1 aliphatic rings. The summed E-state index contributed by atoms with van der Waals surface area (Å²) in [6, 6.07) is 18.6. The molecule has 0 aromatic heterocycles. The first kappa shape index (κ1) is 31.7. The summed E-state index contributed by atoms with van der Waals surface area (Å²) in [6.07, 6.45) is 3.87. The van der Waals surface area contributed by atoms with E-state index in [1.165, 1.54) is 29.2 Å². The molecule has 42 heavy (non-hydrogen) atoms. The van der Waals surface area contributed by atoms with Crippen molar-refractivity contribution in [3.8, 4) is 5.75 Å². The molecule has 2 amide bonds. The third-order valence-electron chi connectivity index (χ3n) is 7.23. The molecular weight excluding hydrogens is 597 g/mol. The summed E-state index contributed by atoms with van der Waals surface area (Å²) < 4.78 is 34.9. The van der Waals surface area contributed by atoms with Gasteiger partial charge in [-0.05, 0) is 80.8 Å². The number of halogens is 2. The minimum Gasteiger partial charge on any atom is -0.492 e. The van der Waals surface area contributed by atoms with Gasteiger partial charge in [0.2, 0.25) is 11.8 Å². The summed E-state index contributed by atoms with van der Waals surface area (Å²) in [5.74, 6) is -0.550. The zero-order chi connectivity index (χ0) is 30.3. The quantitative estimate of drug-likeness (QED) is 0.262. The normalized spacial score (nSPS) is 14.3. The molecule has 0 radical (unpaired) electrons. The first-order valence-corrected chi connectivity index (χ1v) is 16.1. The predicted molar refractivity (Wildman–Crippen MR) is 165 cm³/mol. The Kier molecular flexibility index (Phi) is 10.8. The van der Waals surface area contributed by atoms with E-state index in [0.29, 0.717) is 28.0 Å². The second-order valence-corrected chi connectivity index (χ2v) is 12.9. The van der Waals surface area contributed by atoms with E-state index in [2.05, 4.69) is 5.32 Å². The van der Waals surface area contributed by atoms with Gasteiger partial charge in [-0.3, -0.25) is 13.9 Å². The lowest BCUT2D eigenvalue weighted by molar-refractivity contribution is -0.139. The summed E-state index contributed by atoms with van der Waals surface area (Å²) in [5, 5.41) is 3.92. The molecule has 1 atom stereocenters. The van der Waals surface area contributed by atoms with Gasteiger partial charge >= 0.3 is 0 Å². The lowest BCUT2D eigenvalue weighted by atomic mass is 10.1. The van der Waals surface area contributed by atoms with Crippen molar-refractivity contribution >= 4 is 50.7 Å². The van der Waals surface area contributed by atoms with Crippen LogP contribution in [0.25, 0.3) is 0 Å². The SMILES string of the molecule is CCOc1ccccc1N(CC(=O)N(Cc1cccc(Cl)c1)C(C)C(=O)NC1CCCC1)S(=O)(=O)c1ccc(Cl)cc1. The minimum atomic E-state index is -4.26. The maximum atomic E-state index is 14.1. The van der Waals surface area contributed by atoms with Gasteiger partial charge in [0.1, 0.15) is 18.3 Å². The fourth-order valence-corrected chi connectivity index (χ4v) is 6.76. The highest BCUT2D eigenvalue weighted by atomic mass is 35.5. The fraction of sp³-hybridized carbons (Fsp3) is 0.355. The summed E-state index contributed by atoms with van der Waals surface area (Å²) in [6.45, 7) is 3.21. The Balaban J connectivity index is 1.72. The number of carbonyl (C=O) groups is 2. The van der Waals surface area contributed by atoms with Gasteiger partial charge in [0.25, 0.3) is 10.0 Å². The third kappa shape index (κ3) is 7.76. The van der Waals surface area contributed by atoms with E-state index >= 15 is 0 Å². The van der Waals surface area contributed by atoms with Crippen molar-refractivity contribution in [2.45, 2.75) is 63.1 Å². The molecule has 1 N–H and O–H groups in total. The Morgan fingerprint density at radius 3 is 2.33 bits per heavy atom. The average Bonchev–Trinajstić information content (AvgIpc) is 3.48. The molecule has 3 aromatic carbocycles. The maximum Gasteiger partial charge on any atom is 0.264 e. The molecule has 0 spiro atoms. The number of nitrogens with one attached hydrogen (secondary N) is 1. The number of carbonyl (C=O) groups excluding carboxylic acids is 2. The van der Waals surface area contributed by atoms with Crippen LogP contribution < -0.4 is 14.4 Å². The molecular formula is C31H35Cl2N3O5S. The zero-order valence-corrected chi connectivity index (χ0v) is 26.0. The van der Waals surface area contributed by atoms with Crippen molar-refractivity contribution in [3.63, 3.8) is 0 Å². The van der Waals surface area contributed by atoms with Gasteiger partial charge in [-0.1, -0.05) is 60.3 Å². The number of sulfonamides is 1. The smallest absolute Gasteiger partial charge is 0.264 e. The zero-order valence-electron chi connectivity index (χ0n) is 23.6. The van der Waals surface area contributed by atoms with Crippen LogP contribution >= 0.6 is 23.2 Å². The highest BCUT2D eigenvalue weighted by Crippen LogP contribution is 2.33. The van der Waals surface area contributed by atoms with Gasteiger partial charge in [0.15, 0.2) is 0 Å². The van der Waals surface area contributed by atoms with Gasteiger partial charge < -0.3 is 15.0 Å². The molecule has 0 bridgehead atoms. The van der Waals surface area contributed by atoms with E-state index in [1.807, 2.05) is 0 Å².